The van der Waals surface area contributed by atoms with Crippen LogP contribution in [0, 0.1) is 51.8 Å². The van der Waals surface area contributed by atoms with Gasteiger partial charge < -0.3 is 0 Å². The van der Waals surface area contributed by atoms with Crippen LogP contribution in [0.2, 0.25) is 0 Å². The topological polar surface area (TPSA) is 23.8 Å². The van der Waals surface area contributed by atoms with Gasteiger partial charge in [-0.3, -0.25) is 0 Å². The number of rotatable bonds is 0. The summed E-state index contributed by atoms with van der Waals surface area (Å²) < 4.78 is 0. The summed E-state index contributed by atoms with van der Waals surface area (Å²) in [6, 6.07) is 2.57. The Bertz CT molecular complexity index is 463. The minimum absolute atomic E-state index is 0.361. The zero-order valence-electron chi connectivity index (χ0n) is 13.9. The summed E-state index contributed by atoms with van der Waals surface area (Å²) in [5.41, 5.74) is 1.26. The lowest BCUT2D eigenvalue weighted by Gasteiger charge is -2.60. The van der Waals surface area contributed by atoms with E-state index in [1.54, 1.807) is 0 Å². The fraction of sp³-hybridized carbons (Fsp3) is 0.950. The molecular weight excluding hydrogens is 254 g/mol. The van der Waals surface area contributed by atoms with Gasteiger partial charge in [-0.05, 0) is 92.3 Å². The molecule has 1 nitrogen and oxygen atoms in total. The van der Waals surface area contributed by atoms with Crippen LogP contribution < -0.4 is 0 Å². The van der Waals surface area contributed by atoms with Gasteiger partial charge in [0.2, 0.25) is 0 Å². The van der Waals surface area contributed by atoms with Crippen molar-refractivity contribution in [2.75, 3.05) is 0 Å². The second-order valence-corrected chi connectivity index (χ2v) is 9.34. The largest absolute Gasteiger partial charge is 0.198 e. The molecule has 21 heavy (non-hydrogen) atoms. The van der Waals surface area contributed by atoms with Crippen LogP contribution in [-0.2, 0) is 0 Å². The second kappa shape index (κ2) is 4.74. The molecule has 0 unspecified atom stereocenters. The van der Waals surface area contributed by atoms with E-state index in [-0.39, 0.29) is 0 Å². The number of fused-ring (bicyclic) bond motifs is 5. The highest BCUT2D eigenvalue weighted by Crippen LogP contribution is 2.66. The molecule has 0 amide bonds. The molecule has 0 radical (unpaired) electrons. The fourth-order valence-electron chi connectivity index (χ4n) is 7.37. The van der Waals surface area contributed by atoms with Gasteiger partial charge in [0.1, 0.15) is 0 Å². The quantitative estimate of drug-likeness (QED) is 0.571. The Morgan fingerprint density at radius 2 is 1.76 bits per heavy atom. The standard InChI is InChI=1S/C20H31N/c1-19-9-3-4-17(19)16-6-5-15-12-14(13-21)7-11-20(15,2)18(16)8-10-19/h14-18H,3-12H2,1-2H3/t14-,15-,16+,17+,18-,19+,20+/m1/s1. The molecule has 0 aromatic rings. The van der Waals surface area contributed by atoms with Gasteiger partial charge >= 0.3 is 0 Å². The van der Waals surface area contributed by atoms with E-state index in [2.05, 4.69) is 19.9 Å². The van der Waals surface area contributed by atoms with Gasteiger partial charge in [-0.15, -0.1) is 0 Å². The van der Waals surface area contributed by atoms with Crippen LogP contribution in [0.3, 0.4) is 0 Å². The molecule has 0 N–H and O–H groups in total. The molecule has 7 atom stereocenters. The molecule has 4 rings (SSSR count). The van der Waals surface area contributed by atoms with E-state index in [9.17, 15) is 5.26 Å². The molecule has 1 heteroatoms. The minimum Gasteiger partial charge on any atom is -0.198 e. The molecule has 0 saturated heterocycles. The van der Waals surface area contributed by atoms with Gasteiger partial charge in [-0.1, -0.05) is 20.3 Å². The average molecular weight is 285 g/mol. The summed E-state index contributed by atoms with van der Waals surface area (Å²) in [6.07, 6.45) is 14.1. The Kier molecular flexibility index (Phi) is 3.18. The van der Waals surface area contributed by atoms with Gasteiger partial charge in [0, 0.05) is 5.92 Å². The summed E-state index contributed by atoms with van der Waals surface area (Å²) in [5, 5.41) is 9.30. The molecule has 0 aromatic heterocycles. The summed E-state index contributed by atoms with van der Waals surface area (Å²) in [6.45, 7) is 5.21. The van der Waals surface area contributed by atoms with Crippen molar-refractivity contribution < 1.29 is 0 Å². The molecular formula is C20H31N. The Hall–Kier alpha value is -0.510. The normalized spacial score (nSPS) is 56.0. The number of hydrogen-bond donors (Lipinski definition) is 0. The molecule has 4 aliphatic rings. The van der Waals surface area contributed by atoms with Crippen molar-refractivity contribution in [2.45, 2.75) is 78.1 Å². The van der Waals surface area contributed by atoms with Crippen LogP contribution in [0.5, 0.6) is 0 Å². The monoisotopic (exact) mass is 285 g/mol. The highest BCUT2D eigenvalue weighted by molar-refractivity contribution is 5.08. The Morgan fingerprint density at radius 3 is 2.57 bits per heavy atom. The van der Waals surface area contributed by atoms with Gasteiger partial charge in [0.15, 0.2) is 0 Å². The van der Waals surface area contributed by atoms with E-state index >= 15 is 0 Å². The number of hydrogen-bond acceptors (Lipinski definition) is 1. The predicted octanol–water partition coefficient (Wildman–Crippen LogP) is 5.56. The van der Waals surface area contributed by atoms with E-state index in [0.717, 1.165) is 23.7 Å². The summed E-state index contributed by atoms with van der Waals surface area (Å²) in [5.74, 6) is 4.24. The van der Waals surface area contributed by atoms with E-state index in [0.29, 0.717) is 16.7 Å². The van der Waals surface area contributed by atoms with E-state index < -0.39 is 0 Å². The first kappa shape index (κ1) is 14.1. The van der Waals surface area contributed by atoms with Gasteiger partial charge in [0.05, 0.1) is 6.07 Å². The number of nitriles is 1. The van der Waals surface area contributed by atoms with Crippen LogP contribution in [0.1, 0.15) is 78.1 Å². The van der Waals surface area contributed by atoms with Crippen molar-refractivity contribution in [1.82, 2.24) is 0 Å². The summed E-state index contributed by atoms with van der Waals surface area (Å²) in [4.78, 5) is 0. The molecule has 116 valence electrons. The molecule has 0 bridgehead atoms. The maximum atomic E-state index is 9.30. The van der Waals surface area contributed by atoms with Crippen LogP contribution in [0.25, 0.3) is 0 Å². The average Bonchev–Trinajstić information content (AvgIpc) is 2.88. The van der Waals surface area contributed by atoms with Gasteiger partial charge in [-0.2, -0.15) is 5.26 Å². The predicted molar refractivity (Wildman–Crippen MR) is 85.4 cm³/mol. The SMILES string of the molecule is C[C@@]12CCC[C@H]1[C@@H]1CC[C@@H]3C[C@H](C#N)CC[C@]3(C)[C@@H]1CC2. The lowest BCUT2D eigenvalue weighted by atomic mass is 9.45. The first-order chi connectivity index (χ1) is 10.1. The summed E-state index contributed by atoms with van der Waals surface area (Å²) in [7, 11) is 0. The van der Waals surface area contributed by atoms with E-state index in [1.165, 1.54) is 64.2 Å². The van der Waals surface area contributed by atoms with Gasteiger partial charge in [-0.25, -0.2) is 0 Å². The molecule has 4 saturated carbocycles. The zero-order valence-corrected chi connectivity index (χ0v) is 13.9. The van der Waals surface area contributed by atoms with Crippen molar-refractivity contribution >= 4 is 0 Å². The third kappa shape index (κ3) is 1.94. The van der Waals surface area contributed by atoms with Crippen molar-refractivity contribution in [1.29, 1.82) is 5.26 Å². The highest BCUT2D eigenvalue weighted by atomic mass is 14.6. The molecule has 0 aromatic carbocycles. The Balaban J connectivity index is 1.60. The minimum atomic E-state index is 0.361. The summed E-state index contributed by atoms with van der Waals surface area (Å²) >= 11 is 0. The molecule has 0 heterocycles. The highest BCUT2D eigenvalue weighted by Gasteiger charge is 2.57. The van der Waals surface area contributed by atoms with Crippen molar-refractivity contribution in [3.05, 3.63) is 0 Å². The van der Waals surface area contributed by atoms with E-state index in [4.69, 9.17) is 0 Å². The molecule has 0 spiro atoms. The zero-order chi connectivity index (χ0) is 14.7. The Morgan fingerprint density at radius 1 is 0.905 bits per heavy atom. The van der Waals surface area contributed by atoms with Crippen molar-refractivity contribution in [3.8, 4) is 6.07 Å². The number of nitrogens with zero attached hydrogens (tertiary/aromatic N) is 1. The van der Waals surface area contributed by atoms with Crippen molar-refractivity contribution in [2.24, 2.45) is 40.4 Å². The third-order valence-electron chi connectivity index (χ3n) is 8.63. The fourth-order valence-corrected chi connectivity index (χ4v) is 7.37. The first-order valence-corrected chi connectivity index (χ1v) is 9.46. The molecule has 4 aliphatic carbocycles. The molecule has 0 aliphatic heterocycles. The smallest absolute Gasteiger partial charge is 0.0655 e. The lowest BCUT2D eigenvalue weighted by molar-refractivity contribution is -0.107. The van der Waals surface area contributed by atoms with Crippen LogP contribution in [0.4, 0.5) is 0 Å². The van der Waals surface area contributed by atoms with Crippen molar-refractivity contribution in [3.63, 3.8) is 0 Å². The van der Waals surface area contributed by atoms with E-state index in [1.807, 2.05) is 0 Å². The molecule has 4 fully saturated rings. The Labute approximate surface area is 130 Å². The second-order valence-electron chi connectivity index (χ2n) is 9.34. The maximum Gasteiger partial charge on any atom is 0.0655 e. The van der Waals surface area contributed by atoms with Crippen LogP contribution >= 0.6 is 0 Å². The van der Waals surface area contributed by atoms with Crippen LogP contribution in [-0.4, -0.2) is 0 Å². The third-order valence-corrected chi connectivity index (χ3v) is 8.63. The van der Waals surface area contributed by atoms with Crippen LogP contribution in [0.15, 0.2) is 0 Å². The first-order valence-electron chi connectivity index (χ1n) is 9.46. The maximum absolute atomic E-state index is 9.30. The van der Waals surface area contributed by atoms with Gasteiger partial charge in [0.25, 0.3) is 0 Å². The lowest BCUT2D eigenvalue weighted by Crippen LogP contribution is -2.52.